The summed E-state index contributed by atoms with van der Waals surface area (Å²) in [7, 11) is 0. The molecule has 6 heteroatoms. The van der Waals surface area contributed by atoms with E-state index < -0.39 is 4.92 Å². The van der Waals surface area contributed by atoms with Crippen LogP contribution in [0, 0.1) is 16.0 Å². The van der Waals surface area contributed by atoms with Crippen LogP contribution in [0.5, 0.6) is 0 Å². The summed E-state index contributed by atoms with van der Waals surface area (Å²) in [4.78, 5) is 11.9. The number of nitro benzene ring substituents is 1. The minimum atomic E-state index is -0.448. The van der Waals surface area contributed by atoms with Gasteiger partial charge in [0.25, 0.3) is 0 Å². The van der Waals surface area contributed by atoms with E-state index in [-0.39, 0.29) is 16.8 Å². The van der Waals surface area contributed by atoms with Crippen LogP contribution < -0.4 is 5.32 Å². The van der Waals surface area contributed by atoms with Crippen molar-refractivity contribution < 1.29 is 4.92 Å². The molecule has 2 aromatic rings. The average molecular weight is 311 g/mol. The number of halogens is 1. The first kappa shape index (κ1) is 14.8. The fraction of sp³-hybridized carbons (Fsp3) is 0.286. The molecule has 1 atom stereocenters. The van der Waals surface area contributed by atoms with Crippen LogP contribution in [0.3, 0.4) is 0 Å². The van der Waals surface area contributed by atoms with Crippen LogP contribution in [0.4, 0.5) is 11.4 Å². The number of thiophene rings is 1. The Kier molecular flexibility index (Phi) is 4.62. The molecule has 0 aliphatic rings. The van der Waals surface area contributed by atoms with Crippen molar-refractivity contribution in [2.24, 2.45) is 5.92 Å². The maximum absolute atomic E-state index is 11.2. The SMILES string of the molecule is CC(C)C(Nc1cccc(Cl)c1[N+](=O)[O-])c1cccs1. The predicted molar refractivity (Wildman–Crippen MR) is 83.6 cm³/mol. The van der Waals surface area contributed by atoms with Crippen molar-refractivity contribution in [1.82, 2.24) is 0 Å². The zero-order chi connectivity index (χ0) is 14.7. The maximum Gasteiger partial charge on any atom is 0.310 e. The standard InChI is InChI=1S/C14H15ClN2O2S/c1-9(2)13(12-7-4-8-20-12)16-11-6-3-5-10(15)14(11)17(18)19/h3-9,13,16H,1-2H3. The van der Waals surface area contributed by atoms with Crippen molar-refractivity contribution in [1.29, 1.82) is 0 Å². The lowest BCUT2D eigenvalue weighted by Gasteiger charge is -2.22. The molecule has 4 nitrogen and oxygen atoms in total. The molecule has 0 aliphatic heterocycles. The van der Waals surface area contributed by atoms with Crippen molar-refractivity contribution in [3.05, 3.63) is 55.7 Å². The van der Waals surface area contributed by atoms with Gasteiger partial charge in [-0.15, -0.1) is 11.3 Å². The fourth-order valence-corrected chi connectivity index (χ4v) is 3.21. The van der Waals surface area contributed by atoms with E-state index in [9.17, 15) is 10.1 Å². The summed E-state index contributed by atoms with van der Waals surface area (Å²) >= 11 is 7.56. The number of hydrogen-bond acceptors (Lipinski definition) is 4. The molecule has 2 rings (SSSR count). The van der Waals surface area contributed by atoms with Gasteiger partial charge < -0.3 is 5.32 Å². The average Bonchev–Trinajstić information content (AvgIpc) is 2.88. The molecule has 0 spiro atoms. The van der Waals surface area contributed by atoms with E-state index in [0.29, 0.717) is 11.6 Å². The second-order valence-corrected chi connectivity index (χ2v) is 6.16. The summed E-state index contributed by atoms with van der Waals surface area (Å²) in [5.41, 5.74) is 0.381. The van der Waals surface area contributed by atoms with E-state index in [2.05, 4.69) is 19.2 Å². The smallest absolute Gasteiger partial charge is 0.310 e. The van der Waals surface area contributed by atoms with Gasteiger partial charge in [-0.1, -0.05) is 37.6 Å². The minimum absolute atomic E-state index is 0.0205. The highest BCUT2D eigenvalue weighted by atomic mass is 35.5. The van der Waals surface area contributed by atoms with Gasteiger partial charge in [0, 0.05) is 4.88 Å². The van der Waals surface area contributed by atoms with Gasteiger partial charge in [-0.2, -0.15) is 0 Å². The molecule has 1 aromatic heterocycles. The number of nitrogens with one attached hydrogen (secondary N) is 1. The number of nitrogens with zero attached hydrogens (tertiary/aromatic N) is 1. The molecule has 106 valence electrons. The lowest BCUT2D eigenvalue weighted by atomic mass is 10.0. The maximum atomic E-state index is 11.2. The Labute approximate surface area is 126 Å². The van der Waals surface area contributed by atoms with Crippen molar-refractivity contribution in [3.63, 3.8) is 0 Å². The molecule has 0 saturated carbocycles. The number of hydrogen-bond donors (Lipinski definition) is 1. The van der Waals surface area contributed by atoms with Crippen molar-refractivity contribution in [2.75, 3.05) is 5.32 Å². The summed E-state index contributed by atoms with van der Waals surface area (Å²) in [6.07, 6.45) is 0. The number of para-hydroxylation sites is 1. The van der Waals surface area contributed by atoms with E-state index >= 15 is 0 Å². The van der Waals surface area contributed by atoms with E-state index in [1.165, 1.54) is 6.07 Å². The number of anilines is 1. The van der Waals surface area contributed by atoms with Crippen LogP contribution >= 0.6 is 22.9 Å². The molecule has 1 N–H and O–H groups in total. The van der Waals surface area contributed by atoms with Crippen molar-refractivity contribution >= 4 is 34.3 Å². The Morgan fingerprint density at radius 3 is 2.60 bits per heavy atom. The van der Waals surface area contributed by atoms with Gasteiger partial charge in [0.1, 0.15) is 10.7 Å². The van der Waals surface area contributed by atoms with Crippen LogP contribution in [-0.4, -0.2) is 4.92 Å². The molecule has 0 radical (unpaired) electrons. The second kappa shape index (κ2) is 6.24. The molecule has 0 amide bonds. The summed E-state index contributed by atoms with van der Waals surface area (Å²) in [6, 6.07) is 8.95. The van der Waals surface area contributed by atoms with Crippen LogP contribution in [-0.2, 0) is 0 Å². The molecule has 0 aliphatic carbocycles. The van der Waals surface area contributed by atoms with Crippen LogP contribution in [0.2, 0.25) is 5.02 Å². The lowest BCUT2D eigenvalue weighted by Crippen LogP contribution is -2.16. The van der Waals surface area contributed by atoms with Crippen LogP contribution in [0.25, 0.3) is 0 Å². The lowest BCUT2D eigenvalue weighted by molar-refractivity contribution is -0.383. The Morgan fingerprint density at radius 1 is 1.30 bits per heavy atom. The number of nitro groups is 1. The molecule has 1 aromatic carbocycles. The molecule has 1 heterocycles. The summed E-state index contributed by atoms with van der Waals surface area (Å²) < 4.78 is 0. The zero-order valence-electron chi connectivity index (χ0n) is 11.2. The quantitative estimate of drug-likeness (QED) is 0.616. The van der Waals surface area contributed by atoms with Gasteiger partial charge in [0.05, 0.1) is 11.0 Å². The van der Waals surface area contributed by atoms with E-state index in [0.717, 1.165) is 4.88 Å². The topological polar surface area (TPSA) is 55.2 Å². The third kappa shape index (κ3) is 3.11. The molecule has 0 saturated heterocycles. The molecular weight excluding hydrogens is 296 g/mol. The van der Waals surface area contributed by atoms with E-state index in [1.807, 2.05) is 17.5 Å². The van der Waals surface area contributed by atoms with E-state index in [4.69, 9.17) is 11.6 Å². The summed E-state index contributed by atoms with van der Waals surface area (Å²) in [6.45, 7) is 4.15. The molecular formula is C14H15ClN2O2S. The number of benzene rings is 1. The normalized spacial score (nSPS) is 12.4. The van der Waals surface area contributed by atoms with Crippen LogP contribution in [0.15, 0.2) is 35.7 Å². The van der Waals surface area contributed by atoms with Gasteiger partial charge in [-0.3, -0.25) is 10.1 Å². The van der Waals surface area contributed by atoms with Gasteiger partial charge in [-0.05, 0) is 29.5 Å². The van der Waals surface area contributed by atoms with E-state index in [1.54, 1.807) is 23.5 Å². The van der Waals surface area contributed by atoms with Crippen molar-refractivity contribution in [2.45, 2.75) is 19.9 Å². The Morgan fingerprint density at radius 2 is 2.05 bits per heavy atom. The number of rotatable bonds is 5. The third-order valence-corrected chi connectivity index (χ3v) is 4.26. The summed E-state index contributed by atoms with van der Waals surface area (Å²) in [5, 5.41) is 16.6. The van der Waals surface area contributed by atoms with Crippen LogP contribution in [0.1, 0.15) is 24.8 Å². The second-order valence-electron chi connectivity index (χ2n) is 4.77. The highest BCUT2D eigenvalue weighted by molar-refractivity contribution is 7.10. The molecule has 20 heavy (non-hydrogen) atoms. The largest absolute Gasteiger partial charge is 0.372 e. The third-order valence-electron chi connectivity index (χ3n) is 3.00. The van der Waals surface area contributed by atoms with Gasteiger partial charge in [0.2, 0.25) is 0 Å². The monoisotopic (exact) mass is 310 g/mol. The first-order chi connectivity index (χ1) is 9.50. The highest BCUT2D eigenvalue weighted by Gasteiger charge is 2.23. The molecule has 1 unspecified atom stereocenters. The predicted octanol–water partition coefficient (Wildman–Crippen LogP) is 5.12. The highest BCUT2D eigenvalue weighted by Crippen LogP contribution is 2.37. The Bertz CT molecular complexity index is 599. The first-order valence-electron chi connectivity index (χ1n) is 6.23. The fourth-order valence-electron chi connectivity index (χ4n) is 2.02. The zero-order valence-corrected chi connectivity index (χ0v) is 12.7. The van der Waals surface area contributed by atoms with Crippen molar-refractivity contribution in [3.8, 4) is 0 Å². The summed E-state index contributed by atoms with van der Waals surface area (Å²) in [5.74, 6) is 0.298. The Balaban J connectivity index is 2.37. The molecule has 0 bridgehead atoms. The van der Waals surface area contributed by atoms with Gasteiger partial charge in [-0.25, -0.2) is 0 Å². The Hall–Kier alpha value is -1.59. The first-order valence-corrected chi connectivity index (χ1v) is 7.49. The van der Waals surface area contributed by atoms with Gasteiger partial charge >= 0.3 is 5.69 Å². The van der Waals surface area contributed by atoms with Gasteiger partial charge in [0.15, 0.2) is 0 Å². The molecule has 0 fully saturated rings. The minimum Gasteiger partial charge on any atom is -0.372 e.